The molecule has 178 valence electrons. The van der Waals surface area contributed by atoms with Crippen LogP contribution >= 0.6 is 23.2 Å². The van der Waals surface area contributed by atoms with Crippen molar-refractivity contribution in [2.24, 2.45) is 0 Å². The van der Waals surface area contributed by atoms with E-state index in [1.165, 1.54) is 9.80 Å². The van der Waals surface area contributed by atoms with Gasteiger partial charge in [-0.1, -0.05) is 47.5 Å². The van der Waals surface area contributed by atoms with Crippen molar-refractivity contribution in [3.63, 3.8) is 0 Å². The monoisotopic (exact) mass is 502 g/mol. The lowest BCUT2D eigenvalue weighted by molar-refractivity contribution is -0.131. The fraction of sp³-hybridized carbons (Fsp3) is 0.292. The molecule has 34 heavy (non-hydrogen) atoms. The summed E-state index contributed by atoms with van der Waals surface area (Å²) in [6, 6.07) is 13.2. The minimum atomic E-state index is -0.727. The molecule has 1 unspecified atom stereocenters. The number of hydrogen-bond donors (Lipinski definition) is 2. The molecule has 2 N–H and O–H groups in total. The van der Waals surface area contributed by atoms with Crippen LogP contribution in [-0.2, 0) is 9.59 Å². The van der Waals surface area contributed by atoms with Crippen LogP contribution in [0, 0.1) is 0 Å². The number of benzene rings is 2. The number of ether oxygens (including phenoxy) is 1. The van der Waals surface area contributed by atoms with Crippen molar-refractivity contribution >= 4 is 41.0 Å². The zero-order chi connectivity index (χ0) is 24.2. The molecular weight excluding hydrogens is 479 g/mol. The predicted octanol–water partition coefficient (Wildman–Crippen LogP) is 3.37. The number of hydrogen-bond acceptors (Lipinski definition) is 4. The van der Waals surface area contributed by atoms with Crippen molar-refractivity contribution in [3.05, 3.63) is 75.4 Å². The Bertz CT molecular complexity index is 1140. The SMILES string of the molecule is CCN1C(=O)NC(c2ccc(Cl)cc2Cl)C2=C1CN(CC(=O)NCCOc1ccccc1)C2=O. The molecule has 4 amide bonds. The minimum absolute atomic E-state index is 0.135. The minimum Gasteiger partial charge on any atom is -0.492 e. The number of carbonyl (C=O) groups excluding carboxylic acids is 3. The van der Waals surface area contributed by atoms with E-state index in [0.29, 0.717) is 52.3 Å². The van der Waals surface area contributed by atoms with Gasteiger partial charge in [0, 0.05) is 16.6 Å². The zero-order valence-electron chi connectivity index (χ0n) is 18.5. The summed E-state index contributed by atoms with van der Waals surface area (Å²) in [7, 11) is 0. The first-order valence-electron chi connectivity index (χ1n) is 10.9. The summed E-state index contributed by atoms with van der Waals surface area (Å²) in [6.07, 6.45) is 0. The Morgan fingerprint density at radius 1 is 1.18 bits per heavy atom. The molecule has 0 saturated carbocycles. The molecule has 0 saturated heterocycles. The molecule has 4 rings (SSSR count). The van der Waals surface area contributed by atoms with Crippen molar-refractivity contribution in [3.8, 4) is 5.75 Å². The summed E-state index contributed by atoms with van der Waals surface area (Å²) < 4.78 is 5.57. The first kappa shape index (κ1) is 23.9. The number of likely N-dealkylation sites (N-methyl/N-ethyl adjacent to an activating group) is 1. The van der Waals surface area contributed by atoms with Gasteiger partial charge in [0.15, 0.2) is 0 Å². The quantitative estimate of drug-likeness (QED) is 0.541. The zero-order valence-corrected chi connectivity index (χ0v) is 20.0. The van der Waals surface area contributed by atoms with Crippen LogP contribution in [-0.4, -0.2) is 60.4 Å². The Morgan fingerprint density at radius 2 is 1.94 bits per heavy atom. The van der Waals surface area contributed by atoms with Crippen LogP contribution < -0.4 is 15.4 Å². The Hall–Kier alpha value is -3.23. The van der Waals surface area contributed by atoms with E-state index < -0.39 is 6.04 Å². The first-order chi connectivity index (χ1) is 16.4. The lowest BCUT2D eigenvalue weighted by Gasteiger charge is -2.33. The number of halogens is 2. The normalized spacial score (nSPS) is 17.6. The lowest BCUT2D eigenvalue weighted by atomic mass is 9.95. The molecule has 2 aromatic rings. The predicted molar refractivity (Wildman–Crippen MR) is 129 cm³/mol. The smallest absolute Gasteiger partial charge is 0.322 e. The van der Waals surface area contributed by atoms with Crippen molar-refractivity contribution in [2.45, 2.75) is 13.0 Å². The Morgan fingerprint density at radius 3 is 2.65 bits per heavy atom. The van der Waals surface area contributed by atoms with Crippen molar-refractivity contribution in [2.75, 3.05) is 32.8 Å². The van der Waals surface area contributed by atoms with Crippen molar-refractivity contribution < 1.29 is 19.1 Å². The third kappa shape index (κ3) is 4.98. The standard InChI is InChI=1S/C24H24Cl2N4O4/c1-2-30-19-13-29(14-20(31)27-10-11-34-16-6-4-3-5-7-16)23(32)21(19)22(28-24(30)33)17-9-8-15(25)12-18(17)26/h3-9,12,22H,2,10-11,13-14H2,1H3,(H,27,31)(H,28,33). The number of amides is 4. The van der Waals surface area contributed by atoms with E-state index in [4.69, 9.17) is 27.9 Å². The largest absolute Gasteiger partial charge is 0.492 e. The van der Waals surface area contributed by atoms with Gasteiger partial charge in [0.1, 0.15) is 18.9 Å². The molecule has 0 radical (unpaired) electrons. The second kappa shape index (κ2) is 10.4. The summed E-state index contributed by atoms with van der Waals surface area (Å²) in [4.78, 5) is 41.5. The van der Waals surface area contributed by atoms with Gasteiger partial charge < -0.3 is 20.3 Å². The Balaban J connectivity index is 1.43. The highest BCUT2D eigenvalue weighted by Gasteiger charge is 2.44. The number of para-hydroxylation sites is 1. The average Bonchev–Trinajstić information content (AvgIpc) is 3.13. The van der Waals surface area contributed by atoms with Gasteiger partial charge in [0.2, 0.25) is 5.91 Å². The van der Waals surface area contributed by atoms with Crippen molar-refractivity contribution in [1.29, 1.82) is 0 Å². The molecule has 2 aliphatic rings. The molecule has 8 nitrogen and oxygen atoms in total. The number of rotatable bonds is 8. The second-order valence-electron chi connectivity index (χ2n) is 7.83. The number of nitrogens with one attached hydrogen (secondary N) is 2. The average molecular weight is 503 g/mol. The van der Waals surface area contributed by atoms with E-state index in [1.54, 1.807) is 18.2 Å². The molecule has 2 heterocycles. The molecule has 2 aromatic carbocycles. The van der Waals surface area contributed by atoms with Crippen LogP contribution in [0.25, 0.3) is 0 Å². The van der Waals surface area contributed by atoms with Gasteiger partial charge in [0.25, 0.3) is 5.91 Å². The highest BCUT2D eigenvalue weighted by Crippen LogP contribution is 2.39. The molecular formula is C24H24Cl2N4O4. The summed E-state index contributed by atoms with van der Waals surface area (Å²) in [5.41, 5.74) is 1.55. The maximum absolute atomic E-state index is 13.3. The molecule has 2 aliphatic heterocycles. The van der Waals surface area contributed by atoms with Crippen LogP contribution in [0.5, 0.6) is 5.75 Å². The fourth-order valence-corrected chi connectivity index (χ4v) is 4.60. The summed E-state index contributed by atoms with van der Waals surface area (Å²) in [5, 5.41) is 6.43. The molecule has 0 aromatic heterocycles. The maximum atomic E-state index is 13.3. The van der Waals surface area contributed by atoms with E-state index in [9.17, 15) is 14.4 Å². The highest BCUT2D eigenvalue weighted by atomic mass is 35.5. The third-order valence-electron chi connectivity index (χ3n) is 5.66. The van der Waals surface area contributed by atoms with Crippen molar-refractivity contribution in [1.82, 2.24) is 20.4 Å². The van der Waals surface area contributed by atoms with Gasteiger partial charge in [-0.15, -0.1) is 0 Å². The van der Waals surface area contributed by atoms with Gasteiger partial charge >= 0.3 is 6.03 Å². The van der Waals surface area contributed by atoms with E-state index in [2.05, 4.69) is 10.6 Å². The highest BCUT2D eigenvalue weighted by molar-refractivity contribution is 6.35. The number of carbonyl (C=O) groups is 3. The van der Waals surface area contributed by atoms with Crippen LogP contribution in [0.3, 0.4) is 0 Å². The summed E-state index contributed by atoms with van der Waals surface area (Å²) >= 11 is 12.4. The lowest BCUT2D eigenvalue weighted by Crippen LogP contribution is -2.47. The Kier molecular flexibility index (Phi) is 7.29. The molecule has 1 atom stereocenters. The molecule has 0 bridgehead atoms. The van der Waals surface area contributed by atoms with Gasteiger partial charge in [-0.05, 0) is 36.8 Å². The molecule has 0 spiro atoms. The van der Waals surface area contributed by atoms with Crippen LogP contribution in [0.4, 0.5) is 4.79 Å². The maximum Gasteiger partial charge on any atom is 0.322 e. The van der Waals surface area contributed by atoms with Gasteiger partial charge in [-0.3, -0.25) is 14.5 Å². The third-order valence-corrected chi connectivity index (χ3v) is 6.22. The fourth-order valence-electron chi connectivity index (χ4n) is 4.08. The second-order valence-corrected chi connectivity index (χ2v) is 8.67. The van der Waals surface area contributed by atoms with E-state index in [1.807, 2.05) is 37.3 Å². The van der Waals surface area contributed by atoms with E-state index in [0.717, 1.165) is 0 Å². The molecule has 0 fully saturated rings. The first-order valence-corrected chi connectivity index (χ1v) is 11.6. The van der Waals surface area contributed by atoms with E-state index in [-0.39, 0.29) is 30.9 Å². The number of urea groups is 1. The van der Waals surface area contributed by atoms with Crippen LogP contribution in [0.15, 0.2) is 59.8 Å². The van der Waals surface area contributed by atoms with Crippen LogP contribution in [0.2, 0.25) is 10.0 Å². The Labute approximate surface area is 207 Å². The number of nitrogens with zero attached hydrogens (tertiary/aromatic N) is 2. The molecule has 10 heteroatoms. The summed E-state index contributed by atoms with van der Waals surface area (Å²) in [5.74, 6) is 0.0838. The van der Waals surface area contributed by atoms with Gasteiger partial charge in [0.05, 0.1) is 30.4 Å². The van der Waals surface area contributed by atoms with E-state index >= 15 is 0 Å². The summed E-state index contributed by atoms with van der Waals surface area (Å²) in [6.45, 7) is 2.84. The topological polar surface area (TPSA) is 91.0 Å². The van der Waals surface area contributed by atoms with Gasteiger partial charge in [-0.25, -0.2) is 4.79 Å². The van der Waals surface area contributed by atoms with Crippen LogP contribution in [0.1, 0.15) is 18.5 Å². The van der Waals surface area contributed by atoms with Gasteiger partial charge in [-0.2, -0.15) is 0 Å². The molecule has 0 aliphatic carbocycles.